The molecule has 0 bridgehead atoms. The number of rotatable bonds is 5. The highest BCUT2D eigenvalue weighted by molar-refractivity contribution is 5.96. The molecule has 1 aliphatic heterocycles. The van der Waals surface area contributed by atoms with Crippen LogP contribution in [0.2, 0.25) is 0 Å². The Morgan fingerprint density at radius 2 is 1.76 bits per heavy atom. The van der Waals surface area contributed by atoms with Gasteiger partial charge in [0.05, 0.1) is 17.1 Å². The van der Waals surface area contributed by atoms with Crippen LogP contribution in [0, 0.1) is 6.92 Å². The number of benzene rings is 2. The standard InChI is InChI=1S/C29H34F3N5/c1-16(2)37-10-8-19(9-11-37)25-15-26-27(24-7-5-6-23(24)25)35-18(4)36-28(26)34-17(3)20-12-21(29(30,31)32)14-22(33)13-20/h8,12-17H,5-7,9-11,33H2,1-4H3,(H,34,35,36)/t17-/m1/s1. The topological polar surface area (TPSA) is 67.1 Å². The maximum atomic E-state index is 13.4. The van der Waals surface area contributed by atoms with Crippen molar-refractivity contribution in [1.29, 1.82) is 0 Å². The summed E-state index contributed by atoms with van der Waals surface area (Å²) < 4.78 is 40.2. The van der Waals surface area contributed by atoms with Crippen molar-refractivity contribution < 1.29 is 13.2 Å². The van der Waals surface area contributed by atoms with Gasteiger partial charge in [0.15, 0.2) is 0 Å². The summed E-state index contributed by atoms with van der Waals surface area (Å²) in [4.78, 5) is 12.0. The van der Waals surface area contributed by atoms with E-state index in [1.54, 1.807) is 6.07 Å². The van der Waals surface area contributed by atoms with Crippen molar-refractivity contribution in [2.45, 2.75) is 71.6 Å². The largest absolute Gasteiger partial charge is 0.416 e. The van der Waals surface area contributed by atoms with E-state index in [0.29, 0.717) is 23.2 Å². The molecule has 0 amide bonds. The van der Waals surface area contributed by atoms with Crippen LogP contribution in [0.25, 0.3) is 16.5 Å². The van der Waals surface area contributed by atoms with Crippen molar-refractivity contribution >= 4 is 28.0 Å². The first-order chi connectivity index (χ1) is 17.5. The van der Waals surface area contributed by atoms with Crippen LogP contribution in [-0.2, 0) is 19.0 Å². The lowest BCUT2D eigenvalue weighted by Gasteiger charge is -2.30. The first-order valence-electron chi connectivity index (χ1n) is 13.0. The Balaban J connectivity index is 1.57. The van der Waals surface area contributed by atoms with E-state index >= 15 is 0 Å². The van der Waals surface area contributed by atoms with Gasteiger partial charge in [-0.05, 0) is 105 Å². The SMILES string of the molecule is Cc1nc(N[C@H](C)c2cc(N)cc(C(F)(F)F)c2)c2cc(C3=CCN(C(C)C)CC3)c3c(c2n1)CCC3. The van der Waals surface area contributed by atoms with Gasteiger partial charge in [-0.1, -0.05) is 6.08 Å². The van der Waals surface area contributed by atoms with Gasteiger partial charge < -0.3 is 11.1 Å². The third-order valence-electron chi connectivity index (χ3n) is 7.65. The molecule has 8 heteroatoms. The van der Waals surface area contributed by atoms with Crippen LogP contribution in [0.4, 0.5) is 24.7 Å². The second-order valence-electron chi connectivity index (χ2n) is 10.6. The summed E-state index contributed by atoms with van der Waals surface area (Å²) in [6, 6.07) is 5.98. The van der Waals surface area contributed by atoms with Crippen LogP contribution in [0.3, 0.4) is 0 Å². The number of halogens is 3. The van der Waals surface area contributed by atoms with Gasteiger partial charge in [0, 0.05) is 30.2 Å². The second-order valence-corrected chi connectivity index (χ2v) is 10.6. The minimum atomic E-state index is -4.46. The van der Waals surface area contributed by atoms with Crippen molar-refractivity contribution in [2.24, 2.45) is 0 Å². The smallest absolute Gasteiger partial charge is 0.399 e. The monoisotopic (exact) mass is 509 g/mol. The van der Waals surface area contributed by atoms with Crippen LogP contribution in [0.15, 0.2) is 30.3 Å². The molecule has 1 aromatic heterocycles. The lowest BCUT2D eigenvalue weighted by atomic mass is 9.90. The third-order valence-corrected chi connectivity index (χ3v) is 7.65. The molecule has 1 atom stereocenters. The maximum absolute atomic E-state index is 13.4. The first kappa shape index (κ1) is 25.5. The Labute approximate surface area is 216 Å². The molecule has 0 saturated carbocycles. The zero-order valence-electron chi connectivity index (χ0n) is 21.8. The molecule has 3 N–H and O–H groups in total. The average molecular weight is 510 g/mol. The van der Waals surface area contributed by atoms with Gasteiger partial charge in [-0.2, -0.15) is 13.2 Å². The molecule has 1 aliphatic carbocycles. The summed E-state index contributed by atoms with van der Waals surface area (Å²) in [7, 11) is 0. The van der Waals surface area contributed by atoms with Crippen LogP contribution >= 0.6 is 0 Å². The molecule has 0 fully saturated rings. The highest BCUT2D eigenvalue weighted by atomic mass is 19.4. The molecule has 37 heavy (non-hydrogen) atoms. The van der Waals surface area contributed by atoms with Gasteiger partial charge in [0.1, 0.15) is 11.6 Å². The van der Waals surface area contributed by atoms with Gasteiger partial charge in [0.25, 0.3) is 0 Å². The summed E-state index contributed by atoms with van der Waals surface area (Å²) in [5, 5.41) is 4.31. The minimum Gasteiger partial charge on any atom is -0.399 e. The summed E-state index contributed by atoms with van der Waals surface area (Å²) in [5.41, 5.74) is 11.9. The van der Waals surface area contributed by atoms with E-state index in [4.69, 9.17) is 15.7 Å². The van der Waals surface area contributed by atoms with Gasteiger partial charge in [0.2, 0.25) is 0 Å². The van der Waals surface area contributed by atoms with Gasteiger partial charge in [-0.15, -0.1) is 0 Å². The Kier molecular flexibility index (Phi) is 6.64. The summed E-state index contributed by atoms with van der Waals surface area (Å²) >= 11 is 0. The average Bonchev–Trinajstić information content (AvgIpc) is 3.33. The van der Waals surface area contributed by atoms with Gasteiger partial charge in [-0.3, -0.25) is 4.90 Å². The molecular weight excluding hydrogens is 475 g/mol. The zero-order chi connectivity index (χ0) is 26.5. The number of hydrogen-bond acceptors (Lipinski definition) is 5. The second kappa shape index (κ2) is 9.63. The lowest BCUT2D eigenvalue weighted by molar-refractivity contribution is -0.137. The van der Waals surface area contributed by atoms with E-state index < -0.39 is 17.8 Å². The highest BCUT2D eigenvalue weighted by Gasteiger charge is 2.32. The van der Waals surface area contributed by atoms with Crippen LogP contribution in [0.5, 0.6) is 0 Å². The molecule has 5 rings (SSSR count). The number of anilines is 2. The number of nitrogens with zero attached hydrogens (tertiary/aromatic N) is 3. The summed E-state index contributed by atoms with van der Waals surface area (Å²) in [5.74, 6) is 1.28. The normalized spacial score (nSPS) is 17.2. The Hall–Kier alpha value is -3.13. The fraction of sp³-hybridized carbons (Fsp3) is 0.448. The Morgan fingerprint density at radius 1 is 1.00 bits per heavy atom. The molecule has 3 aromatic rings. The molecule has 0 spiro atoms. The van der Waals surface area contributed by atoms with Gasteiger partial charge >= 0.3 is 6.18 Å². The quantitative estimate of drug-likeness (QED) is 0.375. The predicted octanol–water partition coefficient (Wildman–Crippen LogP) is 6.70. The van der Waals surface area contributed by atoms with Crippen LogP contribution < -0.4 is 11.1 Å². The first-order valence-corrected chi connectivity index (χ1v) is 13.0. The lowest BCUT2D eigenvalue weighted by Crippen LogP contribution is -2.34. The third kappa shape index (κ3) is 5.04. The molecule has 196 valence electrons. The number of aryl methyl sites for hydroxylation is 2. The highest BCUT2D eigenvalue weighted by Crippen LogP contribution is 2.40. The van der Waals surface area contributed by atoms with Crippen molar-refractivity contribution in [2.75, 3.05) is 24.1 Å². The maximum Gasteiger partial charge on any atom is 0.416 e. The molecular formula is C29H34F3N5. The van der Waals surface area contributed by atoms with E-state index in [0.717, 1.165) is 61.8 Å². The molecule has 2 aromatic carbocycles. The fourth-order valence-electron chi connectivity index (χ4n) is 5.66. The summed E-state index contributed by atoms with van der Waals surface area (Å²) in [6.07, 6.45) is 1.98. The van der Waals surface area contributed by atoms with E-state index in [-0.39, 0.29) is 5.69 Å². The number of nitrogen functional groups attached to an aromatic ring is 1. The number of alkyl halides is 3. The molecule has 0 saturated heterocycles. The predicted molar refractivity (Wildman–Crippen MR) is 143 cm³/mol. The van der Waals surface area contributed by atoms with E-state index in [9.17, 15) is 13.2 Å². The number of hydrogen-bond donors (Lipinski definition) is 2. The molecule has 0 unspecified atom stereocenters. The Bertz CT molecular complexity index is 1380. The van der Waals surface area contributed by atoms with Crippen molar-refractivity contribution in [1.82, 2.24) is 14.9 Å². The zero-order valence-corrected chi connectivity index (χ0v) is 21.8. The van der Waals surface area contributed by atoms with E-state index in [2.05, 4.69) is 36.2 Å². The van der Waals surface area contributed by atoms with Crippen molar-refractivity contribution in [3.8, 4) is 0 Å². The van der Waals surface area contributed by atoms with Crippen LogP contribution in [-0.4, -0.2) is 34.0 Å². The van der Waals surface area contributed by atoms with E-state index in [1.807, 2.05) is 13.8 Å². The van der Waals surface area contributed by atoms with Crippen molar-refractivity contribution in [3.63, 3.8) is 0 Å². The summed E-state index contributed by atoms with van der Waals surface area (Å²) in [6.45, 7) is 10.1. The number of fused-ring (bicyclic) bond motifs is 3. The molecule has 5 nitrogen and oxygen atoms in total. The molecule has 2 aliphatic rings. The number of aromatic nitrogens is 2. The minimum absolute atomic E-state index is 0.0852. The van der Waals surface area contributed by atoms with Gasteiger partial charge in [-0.25, -0.2) is 9.97 Å². The molecule has 2 heterocycles. The number of nitrogens with one attached hydrogen (secondary N) is 1. The van der Waals surface area contributed by atoms with Crippen LogP contribution in [0.1, 0.15) is 73.3 Å². The fourth-order valence-corrected chi connectivity index (χ4v) is 5.66. The van der Waals surface area contributed by atoms with E-state index in [1.165, 1.54) is 22.3 Å². The number of nitrogens with two attached hydrogens (primary N) is 1. The van der Waals surface area contributed by atoms with Crippen molar-refractivity contribution in [3.05, 3.63) is 64.0 Å². The molecule has 0 radical (unpaired) electrons. The Morgan fingerprint density at radius 3 is 2.43 bits per heavy atom.